The number of ether oxygens (including phenoxy) is 2. The molecule has 178 valence electrons. The average Bonchev–Trinajstić information content (AvgIpc) is 2.85. The number of benzene rings is 2. The lowest BCUT2D eigenvalue weighted by Gasteiger charge is -2.45. The van der Waals surface area contributed by atoms with Gasteiger partial charge in [0.15, 0.2) is 0 Å². The number of hydrogen-bond acceptors (Lipinski definition) is 5. The maximum Gasteiger partial charge on any atom is 0.224 e. The van der Waals surface area contributed by atoms with Crippen molar-refractivity contribution in [3.63, 3.8) is 0 Å². The van der Waals surface area contributed by atoms with E-state index >= 15 is 0 Å². The molecule has 4 rings (SSSR count). The summed E-state index contributed by atoms with van der Waals surface area (Å²) in [6.07, 6.45) is 2.48. The van der Waals surface area contributed by atoms with E-state index in [4.69, 9.17) is 21.1 Å². The molecule has 1 amide bonds. The summed E-state index contributed by atoms with van der Waals surface area (Å²) in [7, 11) is 1.64. The first-order valence-electron chi connectivity index (χ1n) is 11.8. The van der Waals surface area contributed by atoms with Crippen LogP contribution >= 0.6 is 11.6 Å². The molecule has 7 heteroatoms. The minimum atomic E-state index is 0.0594. The third-order valence-electron chi connectivity index (χ3n) is 6.76. The normalized spacial score (nSPS) is 22.1. The Labute approximate surface area is 201 Å². The number of carbonyl (C=O) groups is 1. The summed E-state index contributed by atoms with van der Waals surface area (Å²) < 4.78 is 10.8. The first kappa shape index (κ1) is 24.0. The van der Waals surface area contributed by atoms with Crippen molar-refractivity contribution in [2.75, 3.05) is 51.8 Å². The maximum absolute atomic E-state index is 12.7. The molecule has 0 saturated carbocycles. The summed E-state index contributed by atoms with van der Waals surface area (Å²) in [5.74, 6) is 1.27. The molecular formula is C26H34ClN3O3. The predicted octanol–water partition coefficient (Wildman–Crippen LogP) is 4.29. The van der Waals surface area contributed by atoms with Gasteiger partial charge in [0.05, 0.1) is 20.3 Å². The van der Waals surface area contributed by atoms with Gasteiger partial charge in [0.2, 0.25) is 5.91 Å². The predicted molar refractivity (Wildman–Crippen MR) is 132 cm³/mol. The maximum atomic E-state index is 12.7. The van der Waals surface area contributed by atoms with Crippen LogP contribution < -0.4 is 10.1 Å². The van der Waals surface area contributed by atoms with Crippen LogP contribution in [0, 0.1) is 5.92 Å². The molecule has 1 N–H and O–H groups in total. The summed E-state index contributed by atoms with van der Waals surface area (Å²) in [5.41, 5.74) is 1.97. The number of amides is 1. The van der Waals surface area contributed by atoms with Crippen molar-refractivity contribution in [1.82, 2.24) is 9.80 Å². The quantitative estimate of drug-likeness (QED) is 0.622. The number of morpholine rings is 1. The second-order valence-electron chi connectivity index (χ2n) is 8.91. The molecule has 0 unspecified atom stereocenters. The van der Waals surface area contributed by atoms with Gasteiger partial charge in [-0.1, -0.05) is 29.8 Å². The zero-order valence-corrected chi connectivity index (χ0v) is 20.1. The number of nitrogens with one attached hydrogen (secondary N) is 1. The third kappa shape index (κ3) is 6.70. The van der Waals surface area contributed by atoms with Gasteiger partial charge >= 0.3 is 0 Å². The number of hydrogen-bond donors (Lipinski definition) is 1. The summed E-state index contributed by atoms with van der Waals surface area (Å²) in [4.78, 5) is 17.8. The standard InChI is InChI=1S/C26H34ClN3O3/c1-32-23-9-7-22(8-10-23)28-26(31)11-6-21-19-29(18-20-4-2-3-5-24(20)27)13-12-25(21)30-14-16-33-17-15-30/h2-5,7-10,21,25H,6,11-19H2,1H3,(H,28,31)/t21-,25+/m0/s1. The third-order valence-corrected chi connectivity index (χ3v) is 7.13. The highest BCUT2D eigenvalue weighted by molar-refractivity contribution is 6.31. The van der Waals surface area contributed by atoms with E-state index in [-0.39, 0.29) is 5.91 Å². The van der Waals surface area contributed by atoms with Crippen LogP contribution in [0.25, 0.3) is 0 Å². The molecule has 2 aliphatic rings. The molecule has 2 aliphatic heterocycles. The Morgan fingerprint density at radius 3 is 2.61 bits per heavy atom. The van der Waals surface area contributed by atoms with Gasteiger partial charge in [-0.15, -0.1) is 0 Å². The van der Waals surface area contributed by atoms with Gasteiger partial charge < -0.3 is 14.8 Å². The molecule has 6 nitrogen and oxygen atoms in total. The van der Waals surface area contributed by atoms with Gasteiger partial charge in [-0.25, -0.2) is 0 Å². The van der Waals surface area contributed by atoms with Gasteiger partial charge in [0.1, 0.15) is 5.75 Å². The molecule has 33 heavy (non-hydrogen) atoms. The number of carbonyl (C=O) groups excluding carboxylic acids is 1. The topological polar surface area (TPSA) is 54.0 Å². The summed E-state index contributed by atoms with van der Waals surface area (Å²) in [6.45, 7) is 6.41. The van der Waals surface area contributed by atoms with Crippen LogP contribution in [0.2, 0.25) is 5.02 Å². The van der Waals surface area contributed by atoms with E-state index in [9.17, 15) is 4.79 Å². The van der Waals surface area contributed by atoms with Crippen molar-refractivity contribution in [2.24, 2.45) is 5.92 Å². The van der Waals surface area contributed by atoms with E-state index in [0.717, 1.165) is 75.2 Å². The van der Waals surface area contributed by atoms with Gasteiger partial charge in [-0.3, -0.25) is 14.6 Å². The molecule has 2 atom stereocenters. The van der Waals surface area contributed by atoms with E-state index in [2.05, 4.69) is 21.2 Å². The number of halogens is 1. The van der Waals surface area contributed by atoms with Crippen LogP contribution in [-0.4, -0.2) is 68.3 Å². The second-order valence-corrected chi connectivity index (χ2v) is 9.31. The van der Waals surface area contributed by atoms with E-state index in [0.29, 0.717) is 18.4 Å². The van der Waals surface area contributed by atoms with Crippen molar-refractivity contribution < 1.29 is 14.3 Å². The van der Waals surface area contributed by atoms with Crippen LogP contribution in [0.5, 0.6) is 5.75 Å². The van der Waals surface area contributed by atoms with Gasteiger partial charge in [-0.2, -0.15) is 0 Å². The molecule has 0 radical (unpaired) electrons. The molecule has 2 fully saturated rings. The van der Waals surface area contributed by atoms with E-state index in [1.807, 2.05) is 42.5 Å². The first-order chi connectivity index (χ1) is 16.1. The minimum Gasteiger partial charge on any atom is -0.497 e. The van der Waals surface area contributed by atoms with Crippen molar-refractivity contribution in [3.8, 4) is 5.75 Å². The molecule has 0 aromatic heterocycles. The summed E-state index contributed by atoms with van der Waals surface area (Å²) in [5, 5.41) is 3.85. The monoisotopic (exact) mass is 471 g/mol. The number of nitrogens with zero attached hydrogens (tertiary/aromatic N) is 2. The van der Waals surface area contributed by atoms with Crippen molar-refractivity contribution >= 4 is 23.2 Å². The molecule has 2 saturated heterocycles. The number of anilines is 1. The lowest BCUT2D eigenvalue weighted by atomic mass is 9.86. The zero-order chi connectivity index (χ0) is 23.0. The highest BCUT2D eigenvalue weighted by atomic mass is 35.5. The largest absolute Gasteiger partial charge is 0.497 e. The Hall–Kier alpha value is -2.12. The molecular weight excluding hydrogens is 438 g/mol. The Morgan fingerprint density at radius 2 is 1.88 bits per heavy atom. The van der Waals surface area contributed by atoms with Gasteiger partial charge in [0.25, 0.3) is 0 Å². The first-order valence-corrected chi connectivity index (χ1v) is 12.2. The fourth-order valence-electron chi connectivity index (χ4n) is 4.99. The Bertz CT molecular complexity index is 902. The van der Waals surface area contributed by atoms with Crippen molar-refractivity contribution in [1.29, 1.82) is 0 Å². The van der Waals surface area contributed by atoms with Crippen LogP contribution in [0.3, 0.4) is 0 Å². The molecule has 0 aliphatic carbocycles. The summed E-state index contributed by atoms with van der Waals surface area (Å²) >= 11 is 6.42. The minimum absolute atomic E-state index is 0.0594. The SMILES string of the molecule is COc1ccc(NC(=O)CC[C@H]2CN(Cc3ccccc3Cl)CC[C@H]2N2CCOCC2)cc1. The molecule has 0 spiro atoms. The van der Waals surface area contributed by atoms with E-state index in [1.165, 1.54) is 5.56 Å². The number of piperidine rings is 1. The number of likely N-dealkylation sites (tertiary alicyclic amines) is 1. The fraction of sp³-hybridized carbons (Fsp3) is 0.500. The molecule has 0 bridgehead atoms. The van der Waals surface area contributed by atoms with Crippen LogP contribution in [-0.2, 0) is 16.1 Å². The highest BCUT2D eigenvalue weighted by Gasteiger charge is 2.34. The number of methoxy groups -OCH3 is 1. The Morgan fingerprint density at radius 1 is 1.12 bits per heavy atom. The summed E-state index contributed by atoms with van der Waals surface area (Å²) in [6, 6.07) is 16.0. The van der Waals surface area contributed by atoms with Crippen LogP contribution in [0.4, 0.5) is 5.69 Å². The Kier molecular flexibility index (Phi) is 8.62. The molecule has 2 aromatic carbocycles. The number of rotatable bonds is 8. The fourth-order valence-corrected chi connectivity index (χ4v) is 5.19. The Balaban J connectivity index is 1.37. The average molecular weight is 472 g/mol. The van der Waals surface area contributed by atoms with Crippen LogP contribution in [0.15, 0.2) is 48.5 Å². The zero-order valence-electron chi connectivity index (χ0n) is 19.3. The van der Waals surface area contributed by atoms with Gasteiger partial charge in [0, 0.05) is 49.4 Å². The molecule has 2 aromatic rings. The lowest BCUT2D eigenvalue weighted by molar-refractivity contribution is -0.116. The van der Waals surface area contributed by atoms with Crippen molar-refractivity contribution in [3.05, 3.63) is 59.1 Å². The highest BCUT2D eigenvalue weighted by Crippen LogP contribution is 2.29. The lowest BCUT2D eigenvalue weighted by Crippen LogP contribution is -2.53. The van der Waals surface area contributed by atoms with Gasteiger partial charge in [-0.05, 0) is 61.2 Å². The second kappa shape index (κ2) is 11.8. The van der Waals surface area contributed by atoms with E-state index < -0.39 is 0 Å². The molecule has 2 heterocycles. The smallest absolute Gasteiger partial charge is 0.224 e. The van der Waals surface area contributed by atoms with E-state index in [1.54, 1.807) is 7.11 Å². The van der Waals surface area contributed by atoms with Crippen LogP contribution in [0.1, 0.15) is 24.8 Å². The van der Waals surface area contributed by atoms with Crippen molar-refractivity contribution in [2.45, 2.75) is 31.8 Å².